The highest BCUT2D eigenvalue weighted by molar-refractivity contribution is 5.96. The summed E-state index contributed by atoms with van der Waals surface area (Å²) in [5.74, 6) is -7.73. The van der Waals surface area contributed by atoms with Crippen LogP contribution in [0, 0.1) is 0 Å². The number of aliphatic carboxylic acids is 2. The molecular weight excluding hydrogens is 510 g/mol. The van der Waals surface area contributed by atoms with Gasteiger partial charge >= 0.3 is 11.9 Å². The highest BCUT2D eigenvalue weighted by Crippen LogP contribution is 2.05. The van der Waals surface area contributed by atoms with Gasteiger partial charge in [-0.05, 0) is 25.7 Å². The van der Waals surface area contributed by atoms with Crippen molar-refractivity contribution in [2.45, 2.75) is 69.1 Å². The lowest BCUT2D eigenvalue weighted by Gasteiger charge is -2.24. The number of amides is 5. The SMILES string of the molecule is NC(=O)C[C@H](NC(=O)[C@H](CCC(=O)O)NC(=O)[C@@H](N)CCCN=C(N)N)C(=O)N[C@@H](CCC(=O)O)C(N)=O. The lowest BCUT2D eigenvalue weighted by Crippen LogP contribution is -2.58. The van der Waals surface area contributed by atoms with Crippen molar-refractivity contribution < 1.29 is 43.8 Å². The Kier molecular flexibility index (Phi) is 15.0. The number of nitrogens with one attached hydrogen (secondary N) is 3. The molecule has 0 aliphatic rings. The van der Waals surface area contributed by atoms with Crippen molar-refractivity contribution in [2.24, 2.45) is 33.7 Å². The average Bonchev–Trinajstić information content (AvgIpc) is 2.80. The zero-order chi connectivity index (χ0) is 29.4. The molecule has 18 nitrogen and oxygen atoms in total. The number of rotatable bonds is 19. The van der Waals surface area contributed by atoms with Crippen molar-refractivity contribution in [3.8, 4) is 0 Å². The Hall–Kier alpha value is -4.48. The van der Waals surface area contributed by atoms with Crippen LogP contribution in [0.3, 0.4) is 0 Å². The Bertz CT molecular complexity index is 922. The van der Waals surface area contributed by atoms with Crippen LogP contribution in [0.15, 0.2) is 4.99 Å². The van der Waals surface area contributed by atoms with Gasteiger partial charge in [0.25, 0.3) is 0 Å². The molecule has 0 aliphatic carbocycles. The number of primary amides is 2. The highest BCUT2D eigenvalue weighted by atomic mass is 16.4. The molecule has 0 radical (unpaired) electrons. The van der Waals surface area contributed by atoms with Crippen LogP contribution in [-0.4, -0.2) is 88.4 Å². The summed E-state index contributed by atoms with van der Waals surface area (Å²) in [7, 11) is 0. The predicted molar refractivity (Wildman–Crippen MR) is 130 cm³/mol. The van der Waals surface area contributed by atoms with Gasteiger partial charge in [0.2, 0.25) is 29.5 Å². The van der Waals surface area contributed by atoms with Crippen molar-refractivity contribution in [3.05, 3.63) is 0 Å². The van der Waals surface area contributed by atoms with Crippen LogP contribution in [0.25, 0.3) is 0 Å². The molecule has 0 heterocycles. The summed E-state index contributed by atoms with van der Waals surface area (Å²) >= 11 is 0. The van der Waals surface area contributed by atoms with Gasteiger partial charge in [0.05, 0.1) is 12.5 Å². The molecule has 18 heteroatoms. The first-order valence-electron chi connectivity index (χ1n) is 11.4. The number of carboxylic acids is 2. The van der Waals surface area contributed by atoms with Crippen molar-refractivity contribution in [2.75, 3.05) is 6.54 Å². The van der Waals surface area contributed by atoms with Crippen LogP contribution in [0.1, 0.15) is 44.9 Å². The maximum Gasteiger partial charge on any atom is 0.303 e. The van der Waals surface area contributed by atoms with Gasteiger partial charge in [-0.1, -0.05) is 0 Å². The first-order chi connectivity index (χ1) is 17.6. The summed E-state index contributed by atoms with van der Waals surface area (Å²) in [6.45, 7) is 0.189. The fraction of sp³-hybridized carbons (Fsp3) is 0.600. The van der Waals surface area contributed by atoms with E-state index in [9.17, 15) is 33.6 Å². The van der Waals surface area contributed by atoms with E-state index >= 15 is 0 Å². The minimum Gasteiger partial charge on any atom is -0.481 e. The minimum atomic E-state index is -1.66. The van der Waals surface area contributed by atoms with Gasteiger partial charge < -0.3 is 54.8 Å². The predicted octanol–water partition coefficient (Wildman–Crippen LogP) is -5.09. The fourth-order valence-corrected chi connectivity index (χ4v) is 2.97. The summed E-state index contributed by atoms with van der Waals surface area (Å²) in [6.07, 6.45) is -2.14. The first-order valence-corrected chi connectivity index (χ1v) is 11.4. The van der Waals surface area contributed by atoms with Crippen molar-refractivity contribution >= 4 is 47.4 Å². The highest BCUT2D eigenvalue weighted by Gasteiger charge is 2.31. The quantitative estimate of drug-likeness (QED) is 0.0414. The number of guanidine groups is 1. The summed E-state index contributed by atoms with van der Waals surface area (Å²) in [6, 6.07) is -5.70. The fourth-order valence-electron chi connectivity index (χ4n) is 2.97. The second-order valence-corrected chi connectivity index (χ2v) is 8.18. The standard InChI is InChI=1S/C20H35N9O9/c21-9(2-1-7-26-20(24)25)17(36)28-11(4-6-15(33)34)18(37)29-12(8-13(22)30)19(38)27-10(16(23)35)3-5-14(31)32/h9-12H,1-8,21H2,(H2,22,30)(H2,23,35)(H,27,38)(H,28,36)(H,29,37)(H,31,32)(H,33,34)(H4,24,25,26)/t9-,10-,11-,12-/m0/s1. The molecule has 0 saturated heterocycles. The average molecular weight is 546 g/mol. The molecule has 0 aromatic heterocycles. The lowest BCUT2D eigenvalue weighted by molar-refractivity contribution is -0.138. The topological polar surface area (TPSA) is 338 Å². The summed E-state index contributed by atoms with van der Waals surface area (Å²) in [5, 5.41) is 24.4. The number of hydrogen-bond donors (Lipinski definition) is 10. The molecule has 5 amide bonds. The molecule has 15 N–H and O–H groups in total. The number of nitrogens with zero attached hydrogens (tertiary/aromatic N) is 1. The molecule has 4 atom stereocenters. The van der Waals surface area contributed by atoms with Crippen molar-refractivity contribution in [1.82, 2.24) is 16.0 Å². The van der Waals surface area contributed by atoms with E-state index in [2.05, 4.69) is 20.9 Å². The van der Waals surface area contributed by atoms with Crippen LogP contribution in [-0.2, 0) is 33.6 Å². The first kappa shape index (κ1) is 33.5. The molecule has 0 bridgehead atoms. The zero-order valence-corrected chi connectivity index (χ0v) is 20.6. The Morgan fingerprint density at radius 3 is 1.63 bits per heavy atom. The zero-order valence-electron chi connectivity index (χ0n) is 20.6. The van der Waals surface area contributed by atoms with Gasteiger partial charge in [0, 0.05) is 19.4 Å². The van der Waals surface area contributed by atoms with Crippen molar-refractivity contribution in [1.29, 1.82) is 0 Å². The molecule has 0 saturated carbocycles. The molecule has 0 aromatic carbocycles. The number of carboxylic acid groups (broad SMARTS) is 2. The number of hydrogen-bond acceptors (Lipinski definition) is 9. The van der Waals surface area contributed by atoms with E-state index in [-0.39, 0.29) is 25.3 Å². The van der Waals surface area contributed by atoms with E-state index in [1.807, 2.05) is 0 Å². The third kappa shape index (κ3) is 14.8. The molecule has 0 fully saturated rings. The number of nitrogens with two attached hydrogens (primary N) is 5. The van der Waals surface area contributed by atoms with E-state index in [1.54, 1.807) is 0 Å². The smallest absolute Gasteiger partial charge is 0.303 e. The van der Waals surface area contributed by atoms with Crippen molar-refractivity contribution in [3.63, 3.8) is 0 Å². The molecule has 38 heavy (non-hydrogen) atoms. The van der Waals surface area contributed by atoms with Gasteiger partial charge in [-0.2, -0.15) is 0 Å². The van der Waals surface area contributed by atoms with E-state index in [0.29, 0.717) is 6.42 Å². The Morgan fingerprint density at radius 2 is 1.16 bits per heavy atom. The largest absolute Gasteiger partial charge is 0.481 e. The minimum absolute atomic E-state index is 0.118. The van der Waals surface area contributed by atoms with Crippen LogP contribution in [0.2, 0.25) is 0 Å². The van der Waals surface area contributed by atoms with Gasteiger partial charge in [0.1, 0.15) is 18.1 Å². The van der Waals surface area contributed by atoms with E-state index < -0.39 is 91.3 Å². The Balaban J connectivity index is 5.52. The van der Waals surface area contributed by atoms with Gasteiger partial charge in [-0.3, -0.25) is 38.6 Å². The Morgan fingerprint density at radius 1 is 0.684 bits per heavy atom. The van der Waals surface area contributed by atoms with Crippen LogP contribution >= 0.6 is 0 Å². The molecule has 0 aliphatic heterocycles. The molecule has 0 unspecified atom stereocenters. The number of carbonyl (C=O) groups is 7. The van der Waals surface area contributed by atoms with Gasteiger partial charge in [-0.25, -0.2) is 0 Å². The normalized spacial score (nSPS) is 13.6. The molecule has 214 valence electrons. The summed E-state index contributed by atoms with van der Waals surface area (Å²) in [4.78, 5) is 86.6. The number of carbonyl (C=O) groups excluding carboxylic acids is 5. The van der Waals surface area contributed by atoms with E-state index in [4.69, 9.17) is 38.9 Å². The number of aliphatic imine (C=N–C) groups is 1. The second kappa shape index (κ2) is 17.1. The lowest BCUT2D eigenvalue weighted by atomic mass is 10.1. The van der Waals surface area contributed by atoms with E-state index in [1.165, 1.54) is 0 Å². The molecule has 0 spiro atoms. The molecular formula is C20H35N9O9. The third-order valence-electron chi connectivity index (χ3n) is 4.93. The van der Waals surface area contributed by atoms with Gasteiger partial charge in [0.15, 0.2) is 5.96 Å². The second-order valence-electron chi connectivity index (χ2n) is 8.18. The summed E-state index contributed by atoms with van der Waals surface area (Å²) < 4.78 is 0. The van der Waals surface area contributed by atoms with Crippen LogP contribution in [0.4, 0.5) is 0 Å². The van der Waals surface area contributed by atoms with Gasteiger partial charge in [-0.15, -0.1) is 0 Å². The Labute approximate surface area is 217 Å². The third-order valence-corrected chi connectivity index (χ3v) is 4.93. The maximum atomic E-state index is 12.9. The van der Waals surface area contributed by atoms with Crippen LogP contribution in [0.5, 0.6) is 0 Å². The van der Waals surface area contributed by atoms with Crippen LogP contribution < -0.4 is 44.6 Å². The van der Waals surface area contributed by atoms with E-state index in [0.717, 1.165) is 0 Å². The molecule has 0 rings (SSSR count). The monoisotopic (exact) mass is 545 g/mol. The molecule has 0 aromatic rings. The maximum absolute atomic E-state index is 12.9. The summed E-state index contributed by atoms with van der Waals surface area (Å²) in [5.41, 5.74) is 26.5.